The van der Waals surface area contributed by atoms with Gasteiger partial charge in [0.25, 0.3) is 0 Å². The van der Waals surface area contributed by atoms with Crippen LogP contribution in [0.4, 0.5) is 0 Å². The molecule has 0 aliphatic rings. The molecule has 0 aliphatic heterocycles. The fraction of sp³-hybridized carbons (Fsp3) is 0.400. The number of benzene rings is 2. The van der Waals surface area contributed by atoms with E-state index in [0.717, 1.165) is 38.5 Å². The van der Waals surface area contributed by atoms with E-state index in [1.54, 1.807) is 18.6 Å². The highest BCUT2D eigenvalue weighted by molar-refractivity contribution is 7.80. The van der Waals surface area contributed by atoms with Crippen LogP contribution < -0.4 is 27.0 Å². The summed E-state index contributed by atoms with van der Waals surface area (Å²) in [7, 11) is 0. The Kier molecular flexibility index (Phi) is 19.0. The zero-order chi connectivity index (χ0) is 45.0. The van der Waals surface area contributed by atoms with Crippen molar-refractivity contribution in [1.29, 1.82) is 0 Å². The number of nitrogens with zero attached hydrogens (tertiary/aromatic N) is 4. The molecule has 0 radical (unpaired) electrons. The summed E-state index contributed by atoms with van der Waals surface area (Å²) in [6.07, 6.45) is 8.64. The molecule has 3 heterocycles. The quantitative estimate of drug-likeness (QED) is 0.0376. The van der Waals surface area contributed by atoms with Crippen molar-refractivity contribution in [2.45, 2.75) is 45.2 Å². The van der Waals surface area contributed by atoms with Crippen molar-refractivity contribution in [1.82, 2.24) is 50.9 Å². The third-order valence-corrected chi connectivity index (χ3v) is 10.6. The number of pyridine rings is 1. The predicted molar refractivity (Wildman–Crippen MR) is 245 cm³/mol. The van der Waals surface area contributed by atoms with Gasteiger partial charge in [-0.15, -0.1) is 0 Å². The molecule has 0 spiro atoms. The lowest BCUT2D eigenvalue weighted by atomic mass is 10.0. The van der Waals surface area contributed by atoms with Crippen LogP contribution in [0.3, 0.4) is 0 Å². The van der Waals surface area contributed by atoms with Crippen LogP contribution in [0.1, 0.15) is 36.5 Å². The number of thiol groups is 1. The first-order valence-corrected chi connectivity index (χ1v) is 21.9. The zero-order valence-electron chi connectivity index (χ0n) is 35.7. The Morgan fingerprint density at radius 2 is 1.41 bits per heavy atom. The lowest BCUT2D eigenvalue weighted by molar-refractivity contribution is -0.142. The SMILES string of the molecule is CCCN(CC(=O)NCCS)C(=O)C(Cc1c[nH]c2ccccc12)NC(=O)CNC(=O)CN(CCCN)C(=O)CN(CCc1c[nH]c2ccccc12)C(=O)CNCc1cccnc1. The summed E-state index contributed by atoms with van der Waals surface area (Å²) in [6.45, 7) is 2.18. The van der Waals surface area contributed by atoms with Gasteiger partial charge in [0.05, 0.1) is 32.7 Å². The molecule has 1 atom stereocenters. The minimum absolute atomic E-state index is 0.0300. The largest absolute Gasteiger partial charge is 0.361 e. The second-order valence-corrected chi connectivity index (χ2v) is 15.6. The van der Waals surface area contributed by atoms with Gasteiger partial charge in [-0.3, -0.25) is 33.8 Å². The Morgan fingerprint density at radius 1 is 0.746 bits per heavy atom. The first kappa shape index (κ1) is 47.8. The van der Waals surface area contributed by atoms with Crippen molar-refractivity contribution in [3.8, 4) is 0 Å². The summed E-state index contributed by atoms with van der Waals surface area (Å²) in [5, 5.41) is 13.2. The predicted octanol–water partition coefficient (Wildman–Crippen LogP) is 1.51. The number of rotatable bonds is 26. The number of hydrogen-bond donors (Lipinski definition) is 8. The highest BCUT2D eigenvalue weighted by Gasteiger charge is 2.29. The first-order chi connectivity index (χ1) is 30.6. The van der Waals surface area contributed by atoms with Crippen molar-refractivity contribution in [2.24, 2.45) is 5.73 Å². The van der Waals surface area contributed by atoms with Gasteiger partial charge < -0.3 is 51.7 Å². The van der Waals surface area contributed by atoms with Gasteiger partial charge >= 0.3 is 0 Å². The second-order valence-electron chi connectivity index (χ2n) is 15.1. The zero-order valence-corrected chi connectivity index (χ0v) is 36.6. The molecule has 0 saturated heterocycles. The van der Waals surface area contributed by atoms with Gasteiger partial charge in [0.1, 0.15) is 6.04 Å². The smallest absolute Gasteiger partial charge is 0.245 e. The summed E-state index contributed by atoms with van der Waals surface area (Å²) in [4.78, 5) is 96.1. The number of nitrogens with one attached hydrogen (secondary N) is 6. The van der Waals surface area contributed by atoms with E-state index in [-0.39, 0.29) is 70.6 Å². The van der Waals surface area contributed by atoms with Crippen molar-refractivity contribution < 1.29 is 28.8 Å². The van der Waals surface area contributed by atoms with Crippen LogP contribution in [0.5, 0.6) is 0 Å². The maximum Gasteiger partial charge on any atom is 0.245 e. The molecule has 0 fully saturated rings. The van der Waals surface area contributed by atoms with Crippen LogP contribution >= 0.6 is 12.6 Å². The first-order valence-electron chi connectivity index (χ1n) is 21.3. The fourth-order valence-electron chi connectivity index (χ4n) is 7.21. The van der Waals surface area contributed by atoms with Crippen molar-refractivity contribution in [3.63, 3.8) is 0 Å². The summed E-state index contributed by atoms with van der Waals surface area (Å²) in [6, 6.07) is 18.1. The van der Waals surface area contributed by atoms with E-state index in [4.69, 9.17) is 5.73 Å². The minimum Gasteiger partial charge on any atom is -0.361 e. The number of aromatic nitrogens is 3. The molecule has 0 saturated carbocycles. The Balaban J connectivity index is 1.24. The summed E-state index contributed by atoms with van der Waals surface area (Å²) < 4.78 is 0. The molecule has 2 aromatic carbocycles. The third-order valence-electron chi connectivity index (χ3n) is 10.4. The molecule has 3 aromatic heterocycles. The van der Waals surface area contributed by atoms with Gasteiger partial charge in [0, 0.05) is 91.5 Å². The molecule has 1 unspecified atom stereocenters. The summed E-state index contributed by atoms with van der Waals surface area (Å²) in [5.41, 5.74) is 10.3. The van der Waals surface area contributed by atoms with E-state index in [0.29, 0.717) is 38.1 Å². The fourth-order valence-corrected chi connectivity index (χ4v) is 7.32. The molecular formula is C45H59N11O6S. The van der Waals surface area contributed by atoms with Crippen LogP contribution in [0, 0.1) is 0 Å². The van der Waals surface area contributed by atoms with Gasteiger partial charge in [-0.1, -0.05) is 49.4 Å². The summed E-state index contributed by atoms with van der Waals surface area (Å²) in [5.74, 6) is -2.35. The average Bonchev–Trinajstić information content (AvgIpc) is 3.91. The van der Waals surface area contributed by atoms with Crippen LogP contribution in [0.15, 0.2) is 85.5 Å². The van der Waals surface area contributed by atoms with Gasteiger partial charge in [0.2, 0.25) is 35.4 Å². The monoisotopic (exact) mass is 881 g/mol. The molecule has 63 heavy (non-hydrogen) atoms. The number of hydrogen-bond acceptors (Lipinski definition) is 10. The third kappa shape index (κ3) is 14.7. The molecule has 5 aromatic rings. The highest BCUT2D eigenvalue weighted by Crippen LogP contribution is 2.21. The maximum absolute atomic E-state index is 14.1. The Morgan fingerprint density at radius 3 is 2.10 bits per heavy atom. The molecule has 0 aliphatic carbocycles. The molecule has 17 nitrogen and oxygen atoms in total. The topological polar surface area (TPSA) is 231 Å². The molecule has 18 heteroatoms. The van der Waals surface area contributed by atoms with Crippen LogP contribution in [0.25, 0.3) is 21.8 Å². The second kappa shape index (κ2) is 25.0. The lowest BCUT2D eigenvalue weighted by Gasteiger charge is -2.28. The van der Waals surface area contributed by atoms with Crippen LogP contribution in [0.2, 0.25) is 0 Å². The number of nitrogens with two attached hydrogens (primary N) is 1. The number of carbonyl (C=O) groups excluding carboxylic acids is 6. The normalized spacial score (nSPS) is 11.5. The van der Waals surface area contributed by atoms with E-state index in [2.05, 4.69) is 48.8 Å². The minimum atomic E-state index is -1.06. The Labute approximate surface area is 372 Å². The van der Waals surface area contributed by atoms with E-state index in [1.807, 2.05) is 73.8 Å². The Bertz CT molecular complexity index is 2280. The standard InChI is InChI=1S/C45H59N11O6S/c1-2-18-56(30-41(58)49-17-21-63)45(62)39(22-34-26-51-38-13-6-4-11-36(34)38)53-40(57)27-52-42(59)29-54(19-8-15-46)44(61)31-55(43(60)28-48-24-32-9-7-16-47-23-32)20-14-33-25-50-37-12-5-3-10-35(33)37/h3-7,9-13,16,23,25-26,39,48,50-51,63H,2,8,14-15,17-22,24,27-31,46H2,1H3,(H,49,58)(H,52,59)(H,53,57). The lowest BCUT2D eigenvalue weighted by Crippen LogP contribution is -2.54. The van der Waals surface area contributed by atoms with Crippen molar-refractivity contribution in [3.05, 3.63) is 102 Å². The molecular weight excluding hydrogens is 823 g/mol. The molecule has 6 amide bonds. The highest BCUT2D eigenvalue weighted by atomic mass is 32.1. The van der Waals surface area contributed by atoms with E-state index < -0.39 is 36.2 Å². The number of carbonyl (C=O) groups is 6. The van der Waals surface area contributed by atoms with Gasteiger partial charge in [-0.05, 0) is 60.7 Å². The van der Waals surface area contributed by atoms with Gasteiger partial charge in [0.15, 0.2) is 0 Å². The maximum atomic E-state index is 14.1. The number of aromatic amines is 2. The average molecular weight is 882 g/mol. The van der Waals surface area contributed by atoms with Gasteiger partial charge in [-0.25, -0.2) is 0 Å². The van der Waals surface area contributed by atoms with E-state index in [9.17, 15) is 28.8 Å². The van der Waals surface area contributed by atoms with Crippen LogP contribution in [-0.2, 0) is 48.2 Å². The number of amides is 6. The molecule has 336 valence electrons. The van der Waals surface area contributed by atoms with E-state index >= 15 is 0 Å². The van der Waals surface area contributed by atoms with Gasteiger partial charge in [-0.2, -0.15) is 12.6 Å². The molecule has 8 N–H and O–H groups in total. The van der Waals surface area contributed by atoms with Crippen LogP contribution in [-0.4, -0.2) is 142 Å². The van der Waals surface area contributed by atoms with E-state index in [1.165, 1.54) is 14.7 Å². The number of fused-ring (bicyclic) bond motifs is 2. The van der Waals surface area contributed by atoms with Crippen molar-refractivity contribution >= 4 is 69.9 Å². The molecule has 5 rings (SSSR count). The molecule has 0 bridgehead atoms. The number of H-pyrrole nitrogens is 2. The summed E-state index contributed by atoms with van der Waals surface area (Å²) >= 11 is 4.14. The number of para-hydroxylation sites is 2. The van der Waals surface area contributed by atoms with Crippen molar-refractivity contribution in [2.75, 3.05) is 71.2 Å². The Hall–Kier alpha value is -6.24.